The predicted molar refractivity (Wildman–Crippen MR) is 102 cm³/mol. The Morgan fingerprint density at radius 3 is 2.10 bits per heavy atom. The molecule has 0 radical (unpaired) electrons. The Morgan fingerprint density at radius 1 is 1.10 bits per heavy atom. The first-order valence-corrected chi connectivity index (χ1v) is 9.41. The zero-order valence-electron chi connectivity index (χ0n) is 17.8. The number of halogens is 1. The molecule has 2 atom stereocenters. The number of amides is 1. The van der Waals surface area contributed by atoms with E-state index in [2.05, 4.69) is 5.32 Å². The van der Waals surface area contributed by atoms with Gasteiger partial charge in [-0.1, -0.05) is 37.6 Å². The third-order valence-corrected chi connectivity index (χ3v) is 4.11. The predicted octanol–water partition coefficient (Wildman–Crippen LogP) is -0.135. The first kappa shape index (κ1) is 27.7. The summed E-state index contributed by atoms with van der Waals surface area (Å²) in [6.07, 6.45) is -1.73. The van der Waals surface area contributed by atoms with E-state index in [1.165, 1.54) is 0 Å². The maximum absolute atomic E-state index is 12.0. The summed E-state index contributed by atoms with van der Waals surface area (Å²) in [6.45, 7) is 8.64. The number of rotatable bonds is 8. The molecule has 0 aromatic heterocycles. The number of carboxylic acids is 1. The number of nitrogens with one attached hydrogen (secondary N) is 1. The Bertz CT molecular complexity index is 687. The monoisotopic (exact) mass is 435 g/mol. The molecule has 0 aliphatic rings. The number of aliphatic carboxylic acids is 1. The maximum Gasteiger partial charge on any atom is 1.00 e. The van der Waals surface area contributed by atoms with E-state index < -0.39 is 35.7 Å². The molecule has 1 amide bonds. The summed E-state index contributed by atoms with van der Waals surface area (Å²) in [7, 11) is 0. The van der Waals surface area contributed by atoms with Gasteiger partial charge in [0.05, 0.1) is 5.41 Å². The molecule has 0 saturated carbocycles. The van der Waals surface area contributed by atoms with Crippen LogP contribution in [-0.4, -0.2) is 30.9 Å². The van der Waals surface area contributed by atoms with Gasteiger partial charge in [-0.25, -0.2) is 4.79 Å². The van der Waals surface area contributed by atoms with Crippen LogP contribution in [0.1, 0.15) is 52.5 Å². The number of carboxylic acid groups (broad SMARTS) is 1. The van der Waals surface area contributed by atoms with Crippen molar-refractivity contribution in [3.8, 4) is 0 Å². The van der Waals surface area contributed by atoms with Crippen LogP contribution in [0, 0.1) is 11.3 Å². The van der Waals surface area contributed by atoms with Crippen LogP contribution < -0.4 is 40.0 Å². The number of hydrogen-bond acceptors (Lipinski definition) is 6. The van der Waals surface area contributed by atoms with Gasteiger partial charge in [0.15, 0.2) is 0 Å². The van der Waals surface area contributed by atoms with Gasteiger partial charge in [0.1, 0.15) is 0 Å². The van der Waals surface area contributed by atoms with Gasteiger partial charge in [-0.3, -0.25) is 4.79 Å². The van der Waals surface area contributed by atoms with Crippen molar-refractivity contribution >= 4 is 29.6 Å². The number of carbonyl (C=O) groups excluding carboxylic acids is 3. The van der Waals surface area contributed by atoms with Crippen molar-refractivity contribution in [2.24, 2.45) is 11.3 Å². The van der Waals surface area contributed by atoms with Gasteiger partial charge in [-0.05, 0) is 44.9 Å². The summed E-state index contributed by atoms with van der Waals surface area (Å²) in [5.41, 5.74) is -0.202. The molecule has 1 aromatic carbocycles. The van der Waals surface area contributed by atoms with Gasteiger partial charge in [0, 0.05) is 29.4 Å². The summed E-state index contributed by atoms with van der Waals surface area (Å²) < 4.78 is 10.4. The van der Waals surface area contributed by atoms with Crippen LogP contribution in [0.3, 0.4) is 0 Å². The zero-order chi connectivity index (χ0) is 21.5. The van der Waals surface area contributed by atoms with Crippen LogP contribution in [0.25, 0.3) is 0 Å². The minimum Gasteiger partial charge on any atom is -0.549 e. The van der Waals surface area contributed by atoms with Gasteiger partial charge < -0.3 is 24.7 Å². The van der Waals surface area contributed by atoms with Gasteiger partial charge in [-0.15, -0.1) is 0 Å². The summed E-state index contributed by atoms with van der Waals surface area (Å²) in [5.74, 6) is -2.89. The van der Waals surface area contributed by atoms with Crippen molar-refractivity contribution in [1.29, 1.82) is 0 Å². The van der Waals surface area contributed by atoms with Crippen molar-refractivity contribution in [3.05, 3.63) is 34.9 Å². The van der Waals surface area contributed by atoms with Crippen LogP contribution >= 0.6 is 11.6 Å². The minimum absolute atomic E-state index is 0. The van der Waals surface area contributed by atoms with E-state index in [4.69, 9.17) is 21.1 Å². The molecule has 7 nitrogen and oxygen atoms in total. The summed E-state index contributed by atoms with van der Waals surface area (Å²) in [6, 6.07) is 6.38. The van der Waals surface area contributed by atoms with Crippen molar-refractivity contribution in [1.82, 2.24) is 5.32 Å². The fraction of sp³-hybridized carbons (Fsp3) is 0.550. The summed E-state index contributed by atoms with van der Waals surface area (Å²) >= 11 is 5.81. The smallest absolute Gasteiger partial charge is 0.549 e. The molecule has 0 saturated heterocycles. The fourth-order valence-corrected chi connectivity index (χ4v) is 2.29. The summed E-state index contributed by atoms with van der Waals surface area (Å²) in [4.78, 5) is 35.4. The zero-order valence-corrected chi connectivity index (χ0v) is 20.5. The van der Waals surface area contributed by atoms with Crippen molar-refractivity contribution in [2.75, 3.05) is 6.54 Å². The number of benzene rings is 1. The van der Waals surface area contributed by atoms with E-state index >= 15 is 0 Å². The minimum atomic E-state index is -1.25. The van der Waals surface area contributed by atoms with Gasteiger partial charge >= 0.3 is 41.6 Å². The molecular formula is C20H27ClNNaO6. The van der Waals surface area contributed by atoms with Crippen LogP contribution in [0.2, 0.25) is 5.02 Å². The Labute approximate surface area is 198 Å². The molecule has 0 aliphatic carbocycles. The van der Waals surface area contributed by atoms with Gasteiger partial charge in [0.25, 0.3) is 6.29 Å². The third kappa shape index (κ3) is 9.85. The number of esters is 1. The molecule has 0 bridgehead atoms. The average Bonchev–Trinajstić information content (AvgIpc) is 2.57. The first-order chi connectivity index (χ1) is 12.9. The third-order valence-electron chi connectivity index (χ3n) is 3.86. The molecule has 2 unspecified atom stereocenters. The normalized spacial score (nSPS) is 13.1. The molecule has 0 fully saturated rings. The molecular weight excluding hydrogens is 409 g/mol. The number of hydrogen-bond donors (Lipinski definition) is 1. The largest absolute Gasteiger partial charge is 1.00 e. The van der Waals surface area contributed by atoms with Crippen molar-refractivity contribution < 1.29 is 58.5 Å². The summed E-state index contributed by atoms with van der Waals surface area (Å²) in [5, 5.41) is 14.4. The van der Waals surface area contributed by atoms with E-state index in [0.29, 0.717) is 10.6 Å². The quantitative estimate of drug-likeness (QED) is 0.346. The molecule has 29 heavy (non-hydrogen) atoms. The molecule has 9 heteroatoms. The molecule has 0 heterocycles. The van der Waals surface area contributed by atoms with Gasteiger partial charge in [-0.2, -0.15) is 0 Å². The van der Waals surface area contributed by atoms with Crippen molar-refractivity contribution in [3.63, 3.8) is 0 Å². The second kappa shape index (κ2) is 12.4. The Balaban J connectivity index is 0.00000784. The molecule has 0 spiro atoms. The second-order valence-corrected chi connectivity index (χ2v) is 8.25. The Kier molecular flexibility index (Phi) is 11.9. The number of carbonyl (C=O) groups is 3. The number of alkyl carbamates (subject to hydrolysis) is 1. The number of ether oxygens (including phenoxy) is 2. The Hall–Kier alpha value is -1.28. The van der Waals surface area contributed by atoms with E-state index in [-0.39, 0.29) is 48.4 Å². The van der Waals surface area contributed by atoms with Crippen molar-refractivity contribution in [2.45, 2.75) is 53.2 Å². The molecule has 1 aromatic rings. The van der Waals surface area contributed by atoms with E-state index in [1.54, 1.807) is 58.9 Å². The van der Waals surface area contributed by atoms with E-state index in [9.17, 15) is 19.5 Å². The van der Waals surface area contributed by atoms with Crippen LogP contribution in [0.5, 0.6) is 0 Å². The second-order valence-electron chi connectivity index (χ2n) is 7.81. The standard InChI is InChI=1S/C20H28ClNO6.Na/c1-12(2)17(27-18(25)20(3,4)5)28-19(26)22-11-10-15(16(23)24)13-6-8-14(21)9-7-13;/h6-9,12,15,17H,10-11H2,1-5H3,(H,22,26)(H,23,24);/q;+1/p-1. The van der Waals surface area contributed by atoms with E-state index in [1.807, 2.05) is 0 Å². The molecule has 1 N–H and O–H groups in total. The first-order valence-electron chi connectivity index (χ1n) is 9.03. The average molecular weight is 436 g/mol. The fourth-order valence-electron chi connectivity index (χ4n) is 2.16. The van der Waals surface area contributed by atoms with Crippen LogP contribution in [-0.2, 0) is 19.1 Å². The van der Waals surface area contributed by atoms with E-state index in [0.717, 1.165) is 0 Å². The maximum atomic E-state index is 12.0. The molecule has 1 rings (SSSR count). The van der Waals surface area contributed by atoms with Crippen LogP contribution in [0.15, 0.2) is 24.3 Å². The molecule has 156 valence electrons. The topological polar surface area (TPSA) is 105 Å². The molecule has 0 aliphatic heterocycles. The van der Waals surface area contributed by atoms with Crippen LogP contribution in [0.4, 0.5) is 4.79 Å². The SMILES string of the molecule is CC(C)C(OC(=O)NCCC(C(=O)[O-])c1ccc(Cl)cc1)OC(=O)C(C)(C)C.[Na+]. The van der Waals surface area contributed by atoms with Gasteiger partial charge in [0.2, 0.25) is 0 Å². The Morgan fingerprint density at radius 2 is 1.66 bits per heavy atom.